The summed E-state index contributed by atoms with van der Waals surface area (Å²) in [6.07, 6.45) is -3.91. The third-order valence-corrected chi connectivity index (χ3v) is 19.8. The minimum Gasteiger partial charge on any atom is -0.459 e. The summed E-state index contributed by atoms with van der Waals surface area (Å²) in [4.78, 5) is 32.8. The summed E-state index contributed by atoms with van der Waals surface area (Å²) in [5.74, 6) is -3.29. The molecule has 0 spiro atoms. The summed E-state index contributed by atoms with van der Waals surface area (Å²) in [6, 6.07) is 29.2. The average molecular weight is 1120 g/mol. The number of carbonyl (C=O) groups excluding carboxylic acids is 2. The van der Waals surface area contributed by atoms with Crippen molar-refractivity contribution in [3.05, 3.63) is 90.5 Å². The van der Waals surface area contributed by atoms with Crippen LogP contribution in [0.1, 0.15) is 139 Å². The third-order valence-electron chi connectivity index (χ3n) is 17.3. The van der Waals surface area contributed by atoms with Gasteiger partial charge in [0.15, 0.2) is 12.6 Å². The largest absolute Gasteiger partial charge is 0.459 e. The average Bonchev–Trinajstić information content (AvgIpc) is 3.55. The Morgan fingerprint density at radius 2 is 1.35 bits per heavy atom. The van der Waals surface area contributed by atoms with Crippen LogP contribution in [0.5, 0.6) is 0 Å². The van der Waals surface area contributed by atoms with Crippen LogP contribution in [0.4, 0.5) is 0 Å². The third kappa shape index (κ3) is 16.2. The molecule has 3 aliphatic rings. The van der Waals surface area contributed by atoms with E-state index in [0.717, 1.165) is 32.1 Å². The highest BCUT2D eigenvalue weighted by molar-refractivity contribution is 7.79. The molecule has 3 aliphatic heterocycles. The van der Waals surface area contributed by atoms with Gasteiger partial charge in [0.2, 0.25) is 5.91 Å². The number of aryl methyl sites for hydroxylation is 1. The van der Waals surface area contributed by atoms with Crippen LogP contribution in [0, 0.1) is 17.8 Å². The summed E-state index contributed by atoms with van der Waals surface area (Å²) in [5.41, 5.74) is -3.50. The van der Waals surface area contributed by atoms with Crippen LogP contribution in [-0.4, -0.2) is 165 Å². The zero-order valence-electron chi connectivity index (χ0n) is 49.6. The maximum atomic E-state index is 14.7. The van der Waals surface area contributed by atoms with Crippen molar-refractivity contribution in [1.82, 2.24) is 9.80 Å². The lowest BCUT2D eigenvalue weighted by Gasteiger charge is -2.48. The predicted octanol–water partition coefficient (Wildman–Crippen LogP) is 7.14. The Hall–Kier alpha value is -3.41. The lowest BCUT2D eigenvalue weighted by molar-refractivity contribution is -0.318. The van der Waals surface area contributed by atoms with Crippen molar-refractivity contribution in [1.29, 1.82) is 0 Å². The molecule has 0 radical (unpaired) electrons. The van der Waals surface area contributed by atoms with Crippen molar-refractivity contribution in [2.75, 3.05) is 27.7 Å². The lowest BCUT2D eigenvalue weighted by Crippen LogP contribution is -2.60. The second-order valence-corrected chi connectivity index (χ2v) is 26.4. The fraction of sp³-hybridized carbons (Fsp3) is 0.683. The summed E-state index contributed by atoms with van der Waals surface area (Å²) in [5, 5.41) is 64.4. The van der Waals surface area contributed by atoms with Gasteiger partial charge in [0, 0.05) is 38.5 Å². The van der Waals surface area contributed by atoms with Crippen LogP contribution in [0.25, 0.3) is 0 Å². The van der Waals surface area contributed by atoms with Gasteiger partial charge in [0.1, 0.15) is 30.0 Å². The number of benzene rings is 3. The number of unbranched alkanes of at least 4 members (excludes halogenated alkanes) is 4. The van der Waals surface area contributed by atoms with Gasteiger partial charge < -0.3 is 63.8 Å². The van der Waals surface area contributed by atoms with Crippen molar-refractivity contribution >= 4 is 35.7 Å². The maximum Gasteiger partial charge on any atom is 0.311 e. The highest BCUT2D eigenvalue weighted by atomic mass is 31.1. The Bertz CT molecular complexity index is 2290. The molecule has 0 unspecified atom stereocenters. The number of esters is 1. The number of nitrogens with zero attached hydrogens (tertiary/aromatic N) is 2. The zero-order valence-corrected chi connectivity index (χ0v) is 50.5. The molecule has 79 heavy (non-hydrogen) atoms. The SMILES string of the molecule is CC[C@H]1OC(=O)[C@H](C)[C@@H](O[C@H]2C[C@@](C)(OC)[C@@H](O)[C@H](C)O2)[C@H](C)[C@@H](O[C@@H]2O[C@H](C)C[C@H](N(C)C)[C@H]2O)[C@](C)(O)C[C@@H](C)CN(C(=O)CCCCCCCc2ccc(P(c3ccccc3)c3ccccc3)cc2)[C@H](C)[C@@H](O)[C@]1(C)O. The molecule has 5 N–H and O–H groups in total. The molecule has 6 rings (SSSR count). The van der Waals surface area contributed by atoms with Crippen LogP contribution >= 0.6 is 7.92 Å². The Morgan fingerprint density at radius 3 is 1.94 bits per heavy atom. The minimum absolute atomic E-state index is 0.0682. The van der Waals surface area contributed by atoms with Crippen molar-refractivity contribution in [3.8, 4) is 0 Å². The van der Waals surface area contributed by atoms with Crippen molar-refractivity contribution < 1.29 is 63.5 Å². The molecule has 1 amide bonds. The zero-order chi connectivity index (χ0) is 58.0. The molecule has 3 saturated heterocycles. The van der Waals surface area contributed by atoms with Gasteiger partial charge in [-0.3, -0.25) is 9.59 Å². The van der Waals surface area contributed by atoms with E-state index in [2.05, 4.69) is 84.9 Å². The number of hydrogen-bond acceptors (Lipinski definition) is 14. The van der Waals surface area contributed by atoms with E-state index < -0.39 is 110 Å². The molecule has 15 nitrogen and oxygen atoms in total. The van der Waals surface area contributed by atoms with Gasteiger partial charge in [-0.05, 0) is 136 Å². The van der Waals surface area contributed by atoms with Crippen LogP contribution in [0.3, 0.4) is 0 Å². The molecule has 16 heteroatoms. The number of carbonyl (C=O) groups is 2. The van der Waals surface area contributed by atoms with Gasteiger partial charge in [-0.1, -0.05) is 125 Å². The first-order valence-corrected chi connectivity index (χ1v) is 30.5. The van der Waals surface area contributed by atoms with E-state index in [-0.39, 0.29) is 50.3 Å². The number of aliphatic hydroxyl groups is 5. The number of likely N-dealkylation sites (N-methyl/N-ethyl adjacent to an activating group) is 1. The standard InChI is InChI=1S/C63H97N2O13P/c1-14-51-63(10,72)56(68)44(6)65(52(66)31-25-17-15-16-20-26-46-32-34-49(35-33-46)79(47-27-21-18-22-28-47)48-29-23-19-24-30-48)39-40(2)37-61(8,71)58(78-60-54(67)50(64(11)12)36-41(3)74-60)42(4)55(43(5)59(70)76-51)77-53-38-62(9,73-13)57(69)45(7)75-53/h18-19,21-24,27-30,32-35,40-45,50-51,53-58,60,67-69,71-72H,14-17,20,25-26,31,36-39H2,1-13H3/t40-,41-,42+,43-,44-,45+,50+,51-,53+,54-,55+,56-,57+,58-,60+,61-,62-,63-/m1/s1. The Morgan fingerprint density at radius 1 is 0.772 bits per heavy atom. The summed E-state index contributed by atoms with van der Waals surface area (Å²) in [6.45, 7) is 17.4. The smallest absolute Gasteiger partial charge is 0.311 e. The van der Waals surface area contributed by atoms with Gasteiger partial charge in [0.25, 0.3) is 0 Å². The fourth-order valence-electron chi connectivity index (χ4n) is 12.5. The van der Waals surface area contributed by atoms with Crippen molar-refractivity contribution in [3.63, 3.8) is 0 Å². The maximum absolute atomic E-state index is 14.7. The molecule has 3 aromatic rings. The number of ether oxygens (including phenoxy) is 6. The van der Waals surface area contributed by atoms with Gasteiger partial charge in [-0.2, -0.15) is 0 Å². The Kier molecular flexibility index (Phi) is 23.5. The second kappa shape index (κ2) is 28.7. The van der Waals surface area contributed by atoms with Gasteiger partial charge in [-0.25, -0.2) is 0 Å². The number of amides is 1. The van der Waals surface area contributed by atoms with E-state index >= 15 is 0 Å². The Balaban J connectivity index is 1.20. The minimum atomic E-state index is -2.01. The van der Waals surface area contributed by atoms with Crippen molar-refractivity contribution in [2.45, 2.75) is 230 Å². The van der Waals surface area contributed by atoms with Gasteiger partial charge in [0.05, 0.1) is 47.6 Å². The highest BCUT2D eigenvalue weighted by Crippen LogP contribution is 2.41. The molecule has 3 heterocycles. The lowest BCUT2D eigenvalue weighted by atomic mass is 9.77. The quantitative estimate of drug-likeness (QED) is 0.0490. The molecule has 3 fully saturated rings. The summed E-state index contributed by atoms with van der Waals surface area (Å²) >= 11 is 0. The van der Waals surface area contributed by atoms with Gasteiger partial charge >= 0.3 is 5.97 Å². The molecule has 3 aromatic carbocycles. The first-order chi connectivity index (χ1) is 37.3. The molecule has 0 saturated carbocycles. The van der Waals surface area contributed by atoms with E-state index in [1.165, 1.54) is 35.5 Å². The summed E-state index contributed by atoms with van der Waals surface area (Å²) < 4.78 is 38.2. The topological polar surface area (TPSA) is 197 Å². The van der Waals surface area contributed by atoms with Crippen LogP contribution in [0.2, 0.25) is 0 Å². The van der Waals surface area contributed by atoms with Crippen LogP contribution in [0.15, 0.2) is 84.9 Å². The van der Waals surface area contributed by atoms with Crippen LogP contribution < -0.4 is 15.9 Å². The molecule has 0 aromatic heterocycles. The predicted molar refractivity (Wildman–Crippen MR) is 310 cm³/mol. The van der Waals surface area contributed by atoms with E-state index in [9.17, 15) is 35.1 Å². The number of hydrogen-bond donors (Lipinski definition) is 5. The van der Waals surface area contributed by atoms with Gasteiger partial charge in [-0.15, -0.1) is 0 Å². The molecule has 0 bridgehead atoms. The number of aliphatic hydroxyl groups excluding tert-OH is 3. The first kappa shape index (κ1) is 64.8. The molecule has 0 aliphatic carbocycles. The highest BCUT2D eigenvalue weighted by Gasteiger charge is 2.53. The number of methoxy groups -OCH3 is 1. The number of cyclic esters (lactones) is 1. The second-order valence-electron chi connectivity index (χ2n) is 24.2. The number of rotatable bonds is 18. The Labute approximate surface area is 473 Å². The fourth-order valence-corrected chi connectivity index (χ4v) is 14.8. The summed E-state index contributed by atoms with van der Waals surface area (Å²) in [7, 11) is 4.59. The van der Waals surface area contributed by atoms with E-state index in [1.807, 2.05) is 32.8 Å². The first-order valence-electron chi connectivity index (χ1n) is 29.1. The van der Waals surface area contributed by atoms with Crippen molar-refractivity contribution in [2.24, 2.45) is 17.8 Å². The molecule has 18 atom stereocenters. The van der Waals surface area contributed by atoms with Crippen LogP contribution in [-0.2, 0) is 44.4 Å². The van der Waals surface area contributed by atoms with E-state index in [1.54, 1.807) is 53.4 Å². The monoisotopic (exact) mass is 1120 g/mol. The van der Waals surface area contributed by atoms with E-state index in [4.69, 9.17) is 28.4 Å². The molecular formula is C63H97N2O13P. The molecular weight excluding hydrogens is 1020 g/mol. The molecule has 442 valence electrons. The van der Waals surface area contributed by atoms with E-state index in [0.29, 0.717) is 12.8 Å². The normalized spacial score (nSPS) is 36.4.